The first-order valence-electron chi connectivity index (χ1n) is 9.65. The number of carbonyl (C=O) groups excluding carboxylic acids is 1. The Balaban J connectivity index is 1.35. The number of aromatic nitrogens is 2. The highest BCUT2D eigenvalue weighted by molar-refractivity contribution is 5.77. The van der Waals surface area contributed by atoms with E-state index in [1.54, 1.807) is 24.3 Å². The van der Waals surface area contributed by atoms with E-state index in [1.165, 1.54) is 12.1 Å². The molecule has 160 valence electrons. The van der Waals surface area contributed by atoms with Gasteiger partial charge in [0.2, 0.25) is 0 Å². The van der Waals surface area contributed by atoms with Crippen molar-refractivity contribution in [1.29, 1.82) is 0 Å². The zero-order chi connectivity index (χ0) is 21.8. The van der Waals surface area contributed by atoms with Crippen molar-refractivity contribution in [3.63, 3.8) is 0 Å². The molecule has 10 nitrogen and oxygen atoms in total. The van der Waals surface area contributed by atoms with Gasteiger partial charge in [-0.15, -0.1) is 0 Å². The van der Waals surface area contributed by atoms with Crippen LogP contribution in [0.1, 0.15) is 29.8 Å². The Morgan fingerprint density at radius 1 is 1.29 bits per heavy atom. The van der Waals surface area contributed by atoms with E-state index in [2.05, 4.69) is 9.97 Å². The Morgan fingerprint density at radius 2 is 2.13 bits per heavy atom. The maximum absolute atomic E-state index is 12.2. The molecular weight excluding hydrogens is 406 g/mol. The van der Waals surface area contributed by atoms with E-state index in [9.17, 15) is 19.7 Å². The van der Waals surface area contributed by atoms with Crippen LogP contribution in [0.3, 0.4) is 0 Å². The van der Waals surface area contributed by atoms with E-state index < -0.39 is 10.9 Å². The van der Waals surface area contributed by atoms with Gasteiger partial charge in [-0.2, -0.15) is 0 Å². The molecule has 0 atom stereocenters. The van der Waals surface area contributed by atoms with Crippen LogP contribution in [0.25, 0.3) is 10.9 Å². The number of nitrogens with one attached hydrogen (secondary N) is 1. The zero-order valence-electron chi connectivity index (χ0n) is 16.5. The number of fused-ring (bicyclic) bond motifs is 2. The van der Waals surface area contributed by atoms with Gasteiger partial charge in [0.05, 0.1) is 22.4 Å². The van der Waals surface area contributed by atoms with Gasteiger partial charge in [-0.1, -0.05) is 12.1 Å². The molecule has 1 N–H and O–H groups in total. The molecule has 0 saturated heterocycles. The summed E-state index contributed by atoms with van der Waals surface area (Å²) in [6.07, 6.45) is 0.941. The molecule has 0 radical (unpaired) electrons. The van der Waals surface area contributed by atoms with Crippen LogP contribution in [-0.4, -0.2) is 27.7 Å². The summed E-state index contributed by atoms with van der Waals surface area (Å²) in [5.41, 5.74) is 1.22. The lowest BCUT2D eigenvalue weighted by Gasteiger charge is -2.20. The number of esters is 1. The van der Waals surface area contributed by atoms with Crippen molar-refractivity contribution in [2.75, 3.05) is 6.79 Å². The minimum Gasteiger partial charge on any atom is -0.467 e. The van der Waals surface area contributed by atoms with Gasteiger partial charge in [0.15, 0.2) is 6.79 Å². The SMILES string of the molecule is O=C(CCCc1nc2ccccc2c(=O)[nH]1)OCc1cc([N+](=O)[O-])cc2c1OCOC2. The quantitative estimate of drug-likeness (QED) is 0.347. The number of aryl methyl sites for hydroxylation is 1. The molecule has 0 aliphatic carbocycles. The topological polar surface area (TPSA) is 134 Å². The van der Waals surface area contributed by atoms with Gasteiger partial charge in [-0.25, -0.2) is 4.98 Å². The number of rotatable bonds is 7. The van der Waals surface area contributed by atoms with Crippen LogP contribution in [0.2, 0.25) is 0 Å². The summed E-state index contributed by atoms with van der Waals surface area (Å²) >= 11 is 0. The molecule has 4 rings (SSSR count). The Labute approximate surface area is 175 Å². The first kappa shape index (κ1) is 20.5. The number of para-hydroxylation sites is 1. The minimum absolute atomic E-state index is 0.0305. The summed E-state index contributed by atoms with van der Waals surface area (Å²) in [5, 5.41) is 11.7. The number of nitrogens with zero attached hydrogens (tertiary/aromatic N) is 2. The molecule has 0 bridgehead atoms. The Bertz CT molecular complexity index is 1210. The predicted molar refractivity (Wildman–Crippen MR) is 108 cm³/mol. The molecule has 3 aromatic rings. The predicted octanol–water partition coefficient (Wildman–Crippen LogP) is 2.76. The van der Waals surface area contributed by atoms with Crippen LogP contribution in [0.4, 0.5) is 5.69 Å². The van der Waals surface area contributed by atoms with E-state index in [1.807, 2.05) is 0 Å². The Morgan fingerprint density at radius 3 is 2.97 bits per heavy atom. The molecule has 0 saturated carbocycles. The van der Waals surface area contributed by atoms with Crippen molar-refractivity contribution in [2.24, 2.45) is 0 Å². The number of nitro groups is 1. The summed E-state index contributed by atoms with van der Waals surface area (Å²) in [6.45, 7) is 0.0749. The fourth-order valence-corrected chi connectivity index (χ4v) is 3.38. The molecule has 0 spiro atoms. The van der Waals surface area contributed by atoms with Crippen molar-refractivity contribution in [3.8, 4) is 5.75 Å². The normalized spacial score (nSPS) is 12.8. The number of hydrogen-bond donors (Lipinski definition) is 1. The van der Waals surface area contributed by atoms with E-state index in [4.69, 9.17) is 14.2 Å². The summed E-state index contributed by atoms with van der Waals surface area (Å²) < 4.78 is 15.9. The van der Waals surface area contributed by atoms with Gasteiger partial charge in [-0.3, -0.25) is 19.7 Å². The second-order valence-electron chi connectivity index (χ2n) is 7.00. The molecule has 0 fully saturated rings. The zero-order valence-corrected chi connectivity index (χ0v) is 16.5. The van der Waals surface area contributed by atoms with E-state index in [0.29, 0.717) is 46.4 Å². The highest BCUT2D eigenvalue weighted by Gasteiger charge is 2.21. The van der Waals surface area contributed by atoms with Crippen LogP contribution in [0.5, 0.6) is 5.75 Å². The standard InChI is InChI=1S/C21H19N3O7/c25-19(7-3-6-18-22-17-5-2-1-4-16(17)21(26)23-18)30-11-14-9-15(24(27)28)8-13-10-29-12-31-20(13)14/h1-2,4-5,8-9H,3,6-7,10-12H2,(H,22,23,26). The first-order chi connectivity index (χ1) is 15.0. The van der Waals surface area contributed by atoms with Gasteiger partial charge in [0.1, 0.15) is 18.2 Å². The van der Waals surface area contributed by atoms with Crippen molar-refractivity contribution >= 4 is 22.6 Å². The lowest BCUT2D eigenvalue weighted by atomic mass is 10.1. The van der Waals surface area contributed by atoms with Gasteiger partial charge in [0, 0.05) is 36.1 Å². The number of hydrogen-bond acceptors (Lipinski definition) is 8. The molecule has 31 heavy (non-hydrogen) atoms. The number of non-ortho nitro benzene ring substituents is 1. The Kier molecular flexibility index (Phi) is 5.89. The van der Waals surface area contributed by atoms with E-state index in [-0.39, 0.29) is 37.7 Å². The van der Waals surface area contributed by atoms with Gasteiger partial charge in [-0.05, 0) is 18.6 Å². The first-order valence-corrected chi connectivity index (χ1v) is 9.65. The van der Waals surface area contributed by atoms with Crippen LogP contribution in [-0.2, 0) is 33.9 Å². The molecule has 2 heterocycles. The monoisotopic (exact) mass is 425 g/mol. The fourth-order valence-electron chi connectivity index (χ4n) is 3.38. The summed E-state index contributed by atoms with van der Waals surface area (Å²) in [5.74, 6) is 0.482. The summed E-state index contributed by atoms with van der Waals surface area (Å²) in [6, 6.07) is 9.75. The van der Waals surface area contributed by atoms with Gasteiger partial charge < -0.3 is 19.2 Å². The highest BCUT2D eigenvalue weighted by atomic mass is 16.7. The molecule has 1 aromatic heterocycles. The maximum Gasteiger partial charge on any atom is 0.306 e. The summed E-state index contributed by atoms with van der Waals surface area (Å²) in [4.78, 5) is 42.0. The average molecular weight is 425 g/mol. The second-order valence-corrected chi connectivity index (χ2v) is 7.00. The molecule has 2 aromatic carbocycles. The van der Waals surface area contributed by atoms with E-state index in [0.717, 1.165) is 0 Å². The van der Waals surface area contributed by atoms with Crippen molar-refractivity contribution in [3.05, 3.63) is 73.8 Å². The fraction of sp³-hybridized carbons (Fsp3) is 0.286. The summed E-state index contributed by atoms with van der Waals surface area (Å²) in [7, 11) is 0. The van der Waals surface area contributed by atoms with Gasteiger partial charge >= 0.3 is 5.97 Å². The molecule has 10 heteroatoms. The molecule has 1 aliphatic rings. The lowest BCUT2D eigenvalue weighted by molar-refractivity contribution is -0.385. The number of carbonyl (C=O) groups is 1. The average Bonchev–Trinajstić information content (AvgIpc) is 2.77. The van der Waals surface area contributed by atoms with Crippen molar-refractivity contribution in [2.45, 2.75) is 32.5 Å². The van der Waals surface area contributed by atoms with Crippen molar-refractivity contribution < 1.29 is 23.9 Å². The molecular formula is C21H19N3O7. The molecule has 0 unspecified atom stereocenters. The van der Waals surface area contributed by atoms with Crippen LogP contribution in [0, 0.1) is 10.1 Å². The van der Waals surface area contributed by atoms with Crippen LogP contribution < -0.4 is 10.3 Å². The molecule has 1 aliphatic heterocycles. The Hall–Kier alpha value is -3.79. The minimum atomic E-state index is -0.516. The number of aromatic amines is 1. The smallest absolute Gasteiger partial charge is 0.306 e. The van der Waals surface area contributed by atoms with Crippen LogP contribution in [0.15, 0.2) is 41.2 Å². The highest BCUT2D eigenvalue weighted by Crippen LogP contribution is 2.33. The third-order valence-electron chi connectivity index (χ3n) is 4.83. The second kappa shape index (κ2) is 8.92. The largest absolute Gasteiger partial charge is 0.467 e. The molecule has 0 amide bonds. The number of H-pyrrole nitrogens is 1. The number of ether oxygens (including phenoxy) is 3. The number of nitro benzene ring substituents is 1. The van der Waals surface area contributed by atoms with Gasteiger partial charge in [0.25, 0.3) is 11.2 Å². The van der Waals surface area contributed by atoms with E-state index >= 15 is 0 Å². The third-order valence-corrected chi connectivity index (χ3v) is 4.83. The number of benzene rings is 2. The third kappa shape index (κ3) is 4.69. The maximum atomic E-state index is 12.2. The van der Waals surface area contributed by atoms with Crippen LogP contribution >= 0.6 is 0 Å². The van der Waals surface area contributed by atoms with Crippen molar-refractivity contribution in [1.82, 2.24) is 9.97 Å². The lowest BCUT2D eigenvalue weighted by Crippen LogP contribution is -2.15.